The minimum absolute atomic E-state index is 0.0482. The molecule has 0 bridgehead atoms. The van der Waals surface area contributed by atoms with Gasteiger partial charge in [0.15, 0.2) is 0 Å². The largest absolute Gasteiger partial charge is 0.465 e. The lowest BCUT2D eigenvalue weighted by molar-refractivity contribution is -0.143. The van der Waals surface area contributed by atoms with Crippen LogP contribution in [0.5, 0.6) is 0 Å². The highest BCUT2D eigenvalue weighted by molar-refractivity contribution is 5.94. The zero-order valence-electron chi connectivity index (χ0n) is 24.6. The SMILES string of the molecule is CCOC(=O)Cn1ccc2c(C=CCCN(CCC(c3ccccc3)c3ccccc3)C(=O)c3ccccc3)cccc21. The van der Waals surface area contributed by atoms with Crippen LogP contribution in [0.1, 0.15) is 52.7 Å². The van der Waals surface area contributed by atoms with Crippen LogP contribution in [0.25, 0.3) is 17.0 Å². The minimum Gasteiger partial charge on any atom is -0.465 e. The summed E-state index contributed by atoms with van der Waals surface area (Å²) in [4.78, 5) is 27.7. The van der Waals surface area contributed by atoms with E-state index in [1.807, 2.05) is 83.3 Å². The van der Waals surface area contributed by atoms with Crippen LogP contribution in [0.4, 0.5) is 0 Å². The molecule has 218 valence electrons. The molecule has 5 rings (SSSR count). The molecule has 0 aliphatic rings. The highest BCUT2D eigenvalue weighted by Crippen LogP contribution is 2.28. The molecule has 0 radical (unpaired) electrons. The number of aromatic nitrogens is 1. The van der Waals surface area contributed by atoms with Crippen LogP contribution in [0.3, 0.4) is 0 Å². The Labute approximate surface area is 254 Å². The molecule has 1 aromatic heterocycles. The topological polar surface area (TPSA) is 51.5 Å². The van der Waals surface area contributed by atoms with Crippen LogP contribution >= 0.6 is 0 Å². The fourth-order valence-corrected chi connectivity index (χ4v) is 5.58. The van der Waals surface area contributed by atoms with Crippen LogP contribution in [-0.4, -0.2) is 41.0 Å². The molecule has 4 aromatic carbocycles. The van der Waals surface area contributed by atoms with Crippen molar-refractivity contribution in [3.63, 3.8) is 0 Å². The summed E-state index contributed by atoms with van der Waals surface area (Å²) in [7, 11) is 0. The van der Waals surface area contributed by atoms with Gasteiger partial charge < -0.3 is 14.2 Å². The third kappa shape index (κ3) is 7.69. The molecule has 0 saturated carbocycles. The molecule has 0 aliphatic heterocycles. The summed E-state index contributed by atoms with van der Waals surface area (Å²) in [5.41, 5.74) is 5.28. The Morgan fingerprint density at radius 1 is 0.791 bits per heavy atom. The normalized spacial score (nSPS) is 11.3. The second-order valence-electron chi connectivity index (χ2n) is 10.5. The molecular weight excluding hydrogens is 532 g/mol. The highest BCUT2D eigenvalue weighted by Gasteiger charge is 2.19. The quantitative estimate of drug-likeness (QED) is 0.135. The summed E-state index contributed by atoms with van der Waals surface area (Å²) < 4.78 is 7.04. The molecule has 0 unspecified atom stereocenters. The first kappa shape index (κ1) is 29.6. The summed E-state index contributed by atoms with van der Waals surface area (Å²) in [5.74, 6) is -0.00170. The lowest BCUT2D eigenvalue weighted by Gasteiger charge is -2.26. The van der Waals surface area contributed by atoms with Gasteiger partial charge in [-0.05, 0) is 60.7 Å². The molecule has 43 heavy (non-hydrogen) atoms. The number of nitrogens with zero attached hydrogens (tertiary/aromatic N) is 2. The number of rotatable bonds is 13. The molecule has 0 aliphatic carbocycles. The first-order valence-electron chi connectivity index (χ1n) is 15.0. The van der Waals surface area contributed by atoms with Crippen molar-refractivity contribution in [2.75, 3.05) is 19.7 Å². The third-order valence-electron chi connectivity index (χ3n) is 7.71. The van der Waals surface area contributed by atoms with E-state index in [1.54, 1.807) is 0 Å². The lowest BCUT2D eigenvalue weighted by Crippen LogP contribution is -2.33. The fraction of sp³-hybridized carbons (Fsp3) is 0.211. The summed E-state index contributed by atoms with van der Waals surface area (Å²) in [5, 5.41) is 1.08. The summed E-state index contributed by atoms with van der Waals surface area (Å²) in [6.07, 6.45) is 7.71. The first-order chi connectivity index (χ1) is 21.1. The minimum atomic E-state index is -0.245. The average molecular weight is 571 g/mol. The number of esters is 1. The summed E-state index contributed by atoms with van der Waals surface area (Å²) >= 11 is 0. The van der Waals surface area contributed by atoms with Gasteiger partial charge in [-0.1, -0.05) is 103 Å². The molecule has 0 fully saturated rings. The Kier molecular flexibility index (Phi) is 10.2. The molecule has 5 aromatic rings. The van der Waals surface area contributed by atoms with E-state index in [9.17, 15) is 9.59 Å². The number of hydrogen-bond acceptors (Lipinski definition) is 3. The maximum absolute atomic E-state index is 13.7. The Bertz CT molecular complexity index is 1600. The van der Waals surface area contributed by atoms with Crippen molar-refractivity contribution in [3.05, 3.63) is 150 Å². The summed E-state index contributed by atoms with van der Waals surface area (Å²) in [6, 6.07) is 38.7. The number of carbonyl (C=O) groups excluding carboxylic acids is 2. The van der Waals surface area contributed by atoms with Crippen LogP contribution in [0, 0.1) is 0 Å². The molecule has 5 heteroatoms. The maximum atomic E-state index is 13.7. The van der Waals surface area contributed by atoms with Crippen molar-refractivity contribution in [2.45, 2.75) is 32.2 Å². The molecular formula is C38H38N2O3. The predicted octanol–water partition coefficient (Wildman–Crippen LogP) is 7.97. The van der Waals surface area contributed by atoms with Crippen molar-refractivity contribution in [1.29, 1.82) is 0 Å². The third-order valence-corrected chi connectivity index (χ3v) is 7.71. The van der Waals surface area contributed by atoms with Crippen LogP contribution in [0.15, 0.2) is 128 Å². The van der Waals surface area contributed by atoms with Crippen LogP contribution < -0.4 is 0 Å². The van der Waals surface area contributed by atoms with Gasteiger partial charge in [0.05, 0.1) is 6.61 Å². The number of hydrogen-bond donors (Lipinski definition) is 0. The Morgan fingerprint density at radius 2 is 1.44 bits per heavy atom. The van der Waals surface area contributed by atoms with Gasteiger partial charge in [0, 0.05) is 41.7 Å². The van der Waals surface area contributed by atoms with Crippen molar-refractivity contribution in [2.24, 2.45) is 0 Å². The van der Waals surface area contributed by atoms with Crippen molar-refractivity contribution < 1.29 is 14.3 Å². The molecule has 5 nitrogen and oxygen atoms in total. The second-order valence-corrected chi connectivity index (χ2v) is 10.5. The maximum Gasteiger partial charge on any atom is 0.325 e. The van der Waals surface area contributed by atoms with E-state index in [2.05, 4.69) is 66.7 Å². The Hall–Kier alpha value is -4.90. The molecule has 1 heterocycles. The standard InChI is InChI=1S/C38H38N2O3/c1-2-43-37(41)29-40-28-25-35-32(22-14-23-36(35)40)19-12-13-26-39(38(42)33-20-10-5-11-21-33)27-24-34(30-15-6-3-7-16-30)31-17-8-4-9-18-31/h3-12,14-23,25,28,34H,2,13,24,26-27,29H2,1H3. The Balaban J connectivity index is 1.31. The van der Waals surface area contributed by atoms with Crippen LogP contribution in [-0.2, 0) is 16.1 Å². The second kappa shape index (κ2) is 14.8. The highest BCUT2D eigenvalue weighted by atomic mass is 16.5. The van der Waals surface area contributed by atoms with Gasteiger partial charge >= 0.3 is 5.97 Å². The fourth-order valence-electron chi connectivity index (χ4n) is 5.58. The van der Waals surface area contributed by atoms with E-state index in [4.69, 9.17) is 4.74 Å². The van der Waals surface area contributed by atoms with Crippen molar-refractivity contribution in [3.8, 4) is 0 Å². The first-order valence-corrected chi connectivity index (χ1v) is 15.0. The number of ether oxygens (including phenoxy) is 1. The van der Waals surface area contributed by atoms with Gasteiger partial charge in [-0.15, -0.1) is 0 Å². The van der Waals surface area contributed by atoms with E-state index < -0.39 is 0 Å². The van der Waals surface area contributed by atoms with Crippen molar-refractivity contribution in [1.82, 2.24) is 9.47 Å². The van der Waals surface area contributed by atoms with E-state index >= 15 is 0 Å². The predicted molar refractivity (Wildman–Crippen MR) is 174 cm³/mol. The Morgan fingerprint density at radius 3 is 2.09 bits per heavy atom. The monoisotopic (exact) mass is 570 g/mol. The molecule has 0 N–H and O–H groups in total. The smallest absolute Gasteiger partial charge is 0.325 e. The van der Waals surface area contributed by atoms with Gasteiger partial charge in [-0.2, -0.15) is 0 Å². The molecule has 0 atom stereocenters. The molecule has 1 amide bonds. The molecule has 0 spiro atoms. The number of amides is 1. The summed E-state index contributed by atoms with van der Waals surface area (Å²) in [6.45, 7) is 3.62. The average Bonchev–Trinajstić information content (AvgIpc) is 3.46. The zero-order chi connectivity index (χ0) is 29.9. The van der Waals surface area contributed by atoms with E-state index in [0.717, 1.165) is 29.3 Å². The zero-order valence-corrected chi connectivity index (χ0v) is 24.6. The van der Waals surface area contributed by atoms with Crippen LogP contribution in [0.2, 0.25) is 0 Å². The number of carbonyl (C=O) groups is 2. The number of fused-ring (bicyclic) bond motifs is 1. The lowest BCUT2D eigenvalue weighted by atomic mass is 9.88. The number of benzene rings is 4. The molecule has 0 saturated heterocycles. The van der Waals surface area contributed by atoms with E-state index in [1.165, 1.54) is 11.1 Å². The van der Waals surface area contributed by atoms with Gasteiger partial charge in [0.2, 0.25) is 0 Å². The van der Waals surface area contributed by atoms with Gasteiger partial charge in [-0.25, -0.2) is 0 Å². The van der Waals surface area contributed by atoms with E-state index in [0.29, 0.717) is 25.3 Å². The van der Waals surface area contributed by atoms with Gasteiger partial charge in [0.25, 0.3) is 5.91 Å². The van der Waals surface area contributed by atoms with Crippen molar-refractivity contribution >= 4 is 28.9 Å². The van der Waals surface area contributed by atoms with E-state index in [-0.39, 0.29) is 24.3 Å². The van der Waals surface area contributed by atoms with Gasteiger partial charge in [-0.3, -0.25) is 9.59 Å². The van der Waals surface area contributed by atoms with Gasteiger partial charge in [0.1, 0.15) is 6.54 Å².